The third-order valence-electron chi connectivity index (χ3n) is 12.4. The standard InChI is InChI=1S/C46H62N8O6S.4H2S/c1-9-53-37-18-17-30-23-32(37)33(41(53)31-15-13-19-47-39(31)29(4)59-8)25-46(5,6)27-60-44(57)34-16-14-22-54(50-34)43(56)35(24-38-48-36(30)26-61-38)49-42(55)40(28(2)3)51(7)45(58)52-20-11-10-12-21-52;;;;/h13,15,17-19,23,26,28-29,34-35,40,50H,9-12,14,16,20-22,24-25,27H2,1-8H3,(H,49,55);4*1H2/t29-,34-,35-,40-;;;;/m0..../s1. The molecule has 1 aromatic carbocycles. The first kappa shape index (κ1) is 55.9. The summed E-state index contributed by atoms with van der Waals surface area (Å²) in [6.45, 7) is 14.7. The maximum Gasteiger partial charge on any atom is 0.324 e. The van der Waals surface area contributed by atoms with Crippen LogP contribution in [0.5, 0.6) is 0 Å². The van der Waals surface area contributed by atoms with E-state index in [1.54, 1.807) is 25.3 Å². The van der Waals surface area contributed by atoms with Crippen molar-refractivity contribution in [2.45, 2.75) is 117 Å². The number of amides is 4. The number of benzene rings is 1. The largest absolute Gasteiger partial charge is 0.464 e. The summed E-state index contributed by atoms with van der Waals surface area (Å²) in [7, 11) is 3.36. The van der Waals surface area contributed by atoms with E-state index in [1.807, 2.05) is 32.2 Å². The van der Waals surface area contributed by atoms with Crippen LogP contribution in [-0.4, -0.2) is 112 Å². The van der Waals surface area contributed by atoms with Crippen LogP contribution in [0.4, 0.5) is 4.79 Å². The van der Waals surface area contributed by atoms with Crippen molar-refractivity contribution in [1.82, 2.24) is 40.1 Å². The molecule has 6 bridgehead atoms. The van der Waals surface area contributed by atoms with Crippen LogP contribution in [0.2, 0.25) is 0 Å². The van der Waals surface area contributed by atoms with Crippen LogP contribution in [0.1, 0.15) is 96.0 Å². The lowest BCUT2D eigenvalue weighted by Crippen LogP contribution is -2.62. The number of nitrogens with one attached hydrogen (secondary N) is 2. The number of hydrogen-bond donors (Lipinski definition) is 2. The minimum Gasteiger partial charge on any atom is -0.464 e. The SMILES string of the molecule is CCn1c(-c2cccnc2[C@H](C)OC)c2c3cc(ccc31)-c1csc(n1)C[C@H](NC(=O)[C@H](C(C)C)N(C)C(=O)N1CCCCC1)C(=O)N1CCC[C@H](N1)C(=O)OCC(C)(C)C2.S.S.S.S. The van der Waals surface area contributed by atoms with Crippen LogP contribution in [0.25, 0.3) is 33.4 Å². The van der Waals surface area contributed by atoms with E-state index >= 15 is 0 Å². The van der Waals surface area contributed by atoms with Gasteiger partial charge in [-0.1, -0.05) is 33.8 Å². The number of methoxy groups -OCH3 is 1. The van der Waals surface area contributed by atoms with Gasteiger partial charge in [0.15, 0.2) is 0 Å². The topological polar surface area (TPSA) is 151 Å². The third-order valence-corrected chi connectivity index (χ3v) is 13.3. The van der Waals surface area contributed by atoms with E-state index in [0.717, 1.165) is 63.9 Å². The van der Waals surface area contributed by atoms with Crippen LogP contribution in [0, 0.1) is 11.3 Å². The lowest BCUT2D eigenvalue weighted by molar-refractivity contribution is -0.155. The molecule has 14 nitrogen and oxygen atoms in total. The van der Waals surface area contributed by atoms with Crippen LogP contribution in [-0.2, 0) is 43.2 Å². The lowest BCUT2D eigenvalue weighted by atomic mass is 9.84. The number of thiazole rings is 1. The molecule has 2 fully saturated rings. The number of rotatable bonds is 8. The van der Waals surface area contributed by atoms with Crippen molar-refractivity contribution in [2.75, 3.05) is 40.4 Å². The summed E-state index contributed by atoms with van der Waals surface area (Å²) in [6.07, 6.45) is 6.28. The van der Waals surface area contributed by atoms with E-state index in [-0.39, 0.29) is 91.0 Å². The number of ether oxygens (including phenoxy) is 2. The van der Waals surface area contributed by atoms with Crippen molar-refractivity contribution in [2.24, 2.45) is 11.3 Å². The number of piperidine rings is 1. The molecule has 2 saturated heterocycles. The van der Waals surface area contributed by atoms with Crippen LogP contribution in [0.15, 0.2) is 41.9 Å². The molecule has 3 aromatic heterocycles. The number of fused-ring (bicyclic) bond motifs is 6. The Morgan fingerprint density at radius 3 is 2.45 bits per heavy atom. The molecule has 3 aliphatic heterocycles. The molecule has 4 aromatic rings. The monoisotopic (exact) mass is 990 g/mol. The average Bonchev–Trinajstić information content (AvgIpc) is 3.85. The Balaban J connectivity index is 0.00000281. The number of cyclic esters (lactones) is 1. The molecule has 360 valence electrons. The predicted octanol–water partition coefficient (Wildman–Crippen LogP) is 7.22. The van der Waals surface area contributed by atoms with Gasteiger partial charge in [-0.3, -0.25) is 24.4 Å². The molecule has 2 N–H and O–H groups in total. The first-order chi connectivity index (χ1) is 29.2. The number of esters is 1. The second kappa shape index (κ2) is 24.0. The molecule has 7 rings (SSSR count). The number of pyridine rings is 1. The average molecular weight is 991 g/mol. The number of likely N-dealkylation sites (N-methyl/N-ethyl adjacent to an activating group) is 1. The Labute approximate surface area is 416 Å². The van der Waals surface area contributed by atoms with Gasteiger partial charge in [0, 0.05) is 85.8 Å². The number of aromatic nitrogens is 3. The quantitative estimate of drug-likeness (QED) is 0.175. The van der Waals surface area contributed by atoms with E-state index in [1.165, 1.54) is 21.2 Å². The van der Waals surface area contributed by atoms with E-state index in [2.05, 4.69) is 60.3 Å². The highest BCUT2D eigenvalue weighted by Crippen LogP contribution is 2.42. The highest BCUT2D eigenvalue weighted by Gasteiger charge is 2.39. The number of carbonyl (C=O) groups is 4. The predicted molar refractivity (Wildman–Crippen MR) is 278 cm³/mol. The van der Waals surface area contributed by atoms with Gasteiger partial charge in [0.25, 0.3) is 5.91 Å². The highest BCUT2D eigenvalue weighted by atomic mass is 32.1. The Bertz CT molecular complexity index is 2260. The first-order valence-electron chi connectivity index (χ1n) is 21.9. The zero-order valence-electron chi connectivity index (χ0n) is 39.0. The molecule has 4 atom stereocenters. The molecular formula is C46H70N8O6S5. The number of aryl methyl sites for hydroxylation is 1. The molecule has 0 radical (unpaired) electrons. The van der Waals surface area contributed by atoms with Gasteiger partial charge in [0.05, 0.1) is 34.8 Å². The molecule has 0 saturated carbocycles. The van der Waals surface area contributed by atoms with Gasteiger partial charge >= 0.3 is 12.0 Å². The van der Waals surface area contributed by atoms with E-state index < -0.39 is 35.4 Å². The summed E-state index contributed by atoms with van der Waals surface area (Å²) < 4.78 is 14.2. The fourth-order valence-corrected chi connectivity index (χ4v) is 10.0. The minimum absolute atomic E-state index is 0. The van der Waals surface area contributed by atoms with Crippen molar-refractivity contribution >= 4 is 100 Å². The molecular weight excluding hydrogens is 921 g/mol. The maximum atomic E-state index is 14.5. The van der Waals surface area contributed by atoms with Crippen molar-refractivity contribution in [1.29, 1.82) is 0 Å². The normalized spacial score (nSPS) is 19.6. The number of likely N-dealkylation sites (tertiary alicyclic amines) is 1. The van der Waals surface area contributed by atoms with Gasteiger partial charge < -0.3 is 29.2 Å². The third kappa shape index (κ3) is 12.2. The van der Waals surface area contributed by atoms with Crippen molar-refractivity contribution in [3.8, 4) is 22.5 Å². The van der Waals surface area contributed by atoms with Gasteiger partial charge in [0.2, 0.25) is 5.91 Å². The number of urea groups is 1. The lowest BCUT2D eigenvalue weighted by Gasteiger charge is -2.38. The van der Waals surface area contributed by atoms with Gasteiger partial charge in [0.1, 0.15) is 18.1 Å². The molecule has 4 amide bonds. The van der Waals surface area contributed by atoms with Crippen LogP contribution in [0.3, 0.4) is 0 Å². The fourth-order valence-electron chi connectivity index (χ4n) is 9.17. The molecule has 65 heavy (non-hydrogen) atoms. The van der Waals surface area contributed by atoms with Crippen LogP contribution >= 0.6 is 65.3 Å². The second-order valence-electron chi connectivity index (χ2n) is 17.9. The van der Waals surface area contributed by atoms with Crippen molar-refractivity contribution in [3.63, 3.8) is 0 Å². The number of nitrogens with zero attached hydrogens (tertiary/aromatic N) is 6. The smallest absolute Gasteiger partial charge is 0.324 e. The highest BCUT2D eigenvalue weighted by molar-refractivity contribution is 7.59. The molecule has 0 spiro atoms. The Hall–Kier alpha value is -3.46. The van der Waals surface area contributed by atoms with Gasteiger partial charge in [-0.2, -0.15) is 54.0 Å². The van der Waals surface area contributed by atoms with Crippen molar-refractivity contribution < 1.29 is 28.7 Å². The molecule has 3 aliphatic rings. The fraction of sp³-hybridized carbons (Fsp3) is 0.565. The minimum atomic E-state index is -1.02. The summed E-state index contributed by atoms with van der Waals surface area (Å²) in [5, 5.41) is 8.23. The summed E-state index contributed by atoms with van der Waals surface area (Å²) in [5.41, 5.74) is 9.43. The van der Waals surface area contributed by atoms with Gasteiger partial charge in [-0.05, 0) is 88.1 Å². The Morgan fingerprint density at radius 2 is 1.77 bits per heavy atom. The van der Waals surface area contributed by atoms with E-state index in [0.29, 0.717) is 50.4 Å². The zero-order chi connectivity index (χ0) is 43.6. The number of hydrogen-bond acceptors (Lipinski definition) is 10. The second-order valence-corrected chi connectivity index (χ2v) is 18.8. The summed E-state index contributed by atoms with van der Waals surface area (Å²) in [5.74, 6) is -1.46. The van der Waals surface area contributed by atoms with E-state index in [9.17, 15) is 19.2 Å². The maximum absolute atomic E-state index is 14.5. The summed E-state index contributed by atoms with van der Waals surface area (Å²) >= 11 is 1.43. The van der Waals surface area contributed by atoms with E-state index in [4.69, 9.17) is 19.4 Å². The number of hydrazine groups is 1. The van der Waals surface area contributed by atoms with Gasteiger partial charge in [-0.15, -0.1) is 11.3 Å². The van der Waals surface area contributed by atoms with Crippen molar-refractivity contribution in [3.05, 3.63) is 58.2 Å². The summed E-state index contributed by atoms with van der Waals surface area (Å²) in [6, 6.07) is 7.69. The summed E-state index contributed by atoms with van der Waals surface area (Å²) in [4.78, 5) is 69.5. The molecule has 0 unspecified atom stereocenters. The zero-order valence-corrected chi connectivity index (χ0v) is 43.8. The molecule has 0 aliphatic carbocycles. The Kier molecular flexibility index (Phi) is 20.6. The Morgan fingerprint density at radius 1 is 1.05 bits per heavy atom. The number of carbonyl (C=O) groups excluding carboxylic acids is 4. The first-order valence-corrected chi connectivity index (χ1v) is 22.7. The van der Waals surface area contributed by atoms with Gasteiger partial charge in [-0.25, -0.2) is 15.2 Å². The molecule has 19 heteroatoms. The van der Waals surface area contributed by atoms with Crippen LogP contribution < -0.4 is 10.7 Å². The molecule has 6 heterocycles.